The molecule has 1 N–H and O–H groups in total. The van der Waals surface area contributed by atoms with E-state index < -0.39 is 5.41 Å². The first-order valence-corrected chi connectivity index (χ1v) is 8.10. The van der Waals surface area contributed by atoms with Crippen LogP contribution < -0.4 is 5.32 Å². The maximum Gasteiger partial charge on any atom is 0.317 e. The van der Waals surface area contributed by atoms with Gasteiger partial charge in [-0.25, -0.2) is 4.98 Å². The van der Waals surface area contributed by atoms with Crippen molar-refractivity contribution >= 4 is 22.4 Å². The van der Waals surface area contributed by atoms with Crippen molar-refractivity contribution in [2.75, 3.05) is 11.9 Å². The Morgan fingerprint density at radius 2 is 2.10 bits per heavy atom. The van der Waals surface area contributed by atoms with Crippen molar-refractivity contribution in [3.8, 4) is 0 Å². The summed E-state index contributed by atoms with van der Waals surface area (Å²) in [5.41, 5.74) is 0.0614. The molecule has 0 radical (unpaired) electrons. The standard InChI is InChI=1S/C15H26N2O2S/c1-7-10(3)11(4)16-14-17-12(9-20-14)15(5,6)13(18)19-8-2/h9-11H,7-8H2,1-6H3,(H,16,17). The number of esters is 1. The topological polar surface area (TPSA) is 51.2 Å². The number of hydrogen-bond acceptors (Lipinski definition) is 5. The van der Waals surface area contributed by atoms with E-state index in [4.69, 9.17) is 4.74 Å². The van der Waals surface area contributed by atoms with Crippen LogP contribution in [0.1, 0.15) is 53.7 Å². The number of hydrogen-bond donors (Lipinski definition) is 1. The van der Waals surface area contributed by atoms with Crippen molar-refractivity contribution in [2.24, 2.45) is 5.92 Å². The molecule has 2 unspecified atom stereocenters. The normalized spacial score (nSPS) is 14.7. The molecule has 0 amide bonds. The molecule has 1 heterocycles. The Bertz CT molecular complexity index is 443. The number of nitrogens with one attached hydrogen (secondary N) is 1. The third-order valence-electron chi connectivity index (χ3n) is 3.78. The maximum absolute atomic E-state index is 12.0. The molecule has 0 saturated heterocycles. The van der Waals surface area contributed by atoms with Crippen LogP contribution in [0, 0.1) is 5.92 Å². The molecule has 1 rings (SSSR count). The van der Waals surface area contributed by atoms with Gasteiger partial charge in [-0.15, -0.1) is 11.3 Å². The molecule has 1 aromatic heterocycles. The number of ether oxygens (including phenoxy) is 1. The molecular formula is C15H26N2O2S. The zero-order chi connectivity index (χ0) is 15.3. The summed E-state index contributed by atoms with van der Waals surface area (Å²) in [5.74, 6) is 0.354. The average Bonchev–Trinajstić information content (AvgIpc) is 2.87. The number of rotatable bonds is 7. The Morgan fingerprint density at radius 3 is 2.65 bits per heavy atom. The summed E-state index contributed by atoms with van der Waals surface area (Å²) < 4.78 is 5.11. The number of nitrogens with zero attached hydrogens (tertiary/aromatic N) is 1. The first kappa shape index (κ1) is 17.0. The third kappa shape index (κ3) is 3.95. The van der Waals surface area contributed by atoms with Crippen molar-refractivity contribution in [1.29, 1.82) is 0 Å². The summed E-state index contributed by atoms with van der Waals surface area (Å²) in [6, 6.07) is 0.365. The van der Waals surface area contributed by atoms with Crippen LogP contribution in [0.3, 0.4) is 0 Å². The number of aromatic nitrogens is 1. The van der Waals surface area contributed by atoms with E-state index >= 15 is 0 Å². The SMILES string of the molecule is CCOC(=O)C(C)(C)c1csc(NC(C)C(C)CC)n1. The second kappa shape index (κ2) is 7.07. The van der Waals surface area contributed by atoms with Crippen LogP contribution in [0.5, 0.6) is 0 Å². The lowest BCUT2D eigenvalue weighted by atomic mass is 9.90. The predicted molar refractivity (Wildman–Crippen MR) is 84.3 cm³/mol. The summed E-state index contributed by atoms with van der Waals surface area (Å²) in [6.45, 7) is 12.5. The summed E-state index contributed by atoms with van der Waals surface area (Å²) >= 11 is 1.54. The third-order valence-corrected chi connectivity index (χ3v) is 4.55. The lowest BCUT2D eigenvalue weighted by Gasteiger charge is -2.21. The molecule has 0 fully saturated rings. The highest BCUT2D eigenvalue weighted by Crippen LogP contribution is 2.29. The molecule has 114 valence electrons. The molecule has 5 heteroatoms. The quantitative estimate of drug-likeness (QED) is 0.777. The first-order chi connectivity index (χ1) is 9.32. The zero-order valence-corrected chi connectivity index (χ0v) is 14.1. The fourth-order valence-corrected chi connectivity index (χ4v) is 2.71. The summed E-state index contributed by atoms with van der Waals surface area (Å²) in [7, 11) is 0. The number of anilines is 1. The van der Waals surface area contributed by atoms with Crippen LogP contribution in [-0.2, 0) is 14.9 Å². The highest BCUT2D eigenvalue weighted by Gasteiger charge is 2.34. The first-order valence-electron chi connectivity index (χ1n) is 7.22. The largest absolute Gasteiger partial charge is 0.465 e. The predicted octanol–water partition coefficient (Wildman–Crippen LogP) is 3.83. The molecule has 0 aliphatic rings. The van der Waals surface area contributed by atoms with Crippen LogP contribution >= 0.6 is 11.3 Å². The Balaban J connectivity index is 2.79. The van der Waals surface area contributed by atoms with E-state index in [1.54, 1.807) is 0 Å². The molecular weight excluding hydrogens is 272 g/mol. The molecule has 0 saturated carbocycles. The van der Waals surface area contributed by atoms with Gasteiger partial charge in [0.2, 0.25) is 0 Å². The summed E-state index contributed by atoms with van der Waals surface area (Å²) in [6.07, 6.45) is 1.13. The number of thiazole rings is 1. The van der Waals surface area contributed by atoms with E-state index in [1.165, 1.54) is 11.3 Å². The molecule has 20 heavy (non-hydrogen) atoms. The van der Waals surface area contributed by atoms with E-state index in [2.05, 4.69) is 31.1 Å². The monoisotopic (exact) mass is 298 g/mol. The average molecular weight is 298 g/mol. The highest BCUT2D eigenvalue weighted by atomic mass is 32.1. The Hall–Kier alpha value is -1.10. The Morgan fingerprint density at radius 1 is 1.45 bits per heavy atom. The van der Waals surface area contributed by atoms with Crippen molar-refractivity contribution in [3.63, 3.8) is 0 Å². The molecule has 0 aromatic carbocycles. The smallest absolute Gasteiger partial charge is 0.317 e. The molecule has 2 atom stereocenters. The van der Waals surface area contributed by atoms with Gasteiger partial charge in [0.25, 0.3) is 0 Å². The van der Waals surface area contributed by atoms with Crippen molar-refractivity contribution in [3.05, 3.63) is 11.1 Å². The lowest BCUT2D eigenvalue weighted by Crippen LogP contribution is -2.31. The van der Waals surface area contributed by atoms with Crippen molar-refractivity contribution < 1.29 is 9.53 Å². The van der Waals surface area contributed by atoms with Gasteiger partial charge in [-0.3, -0.25) is 4.79 Å². The van der Waals surface area contributed by atoms with Gasteiger partial charge in [-0.2, -0.15) is 0 Å². The molecule has 0 aliphatic carbocycles. The van der Waals surface area contributed by atoms with Gasteiger partial charge in [0.1, 0.15) is 5.41 Å². The second-order valence-corrected chi connectivity index (χ2v) is 6.56. The van der Waals surface area contributed by atoms with Crippen LogP contribution in [0.4, 0.5) is 5.13 Å². The minimum atomic E-state index is -0.702. The lowest BCUT2D eigenvalue weighted by molar-refractivity contribution is -0.148. The van der Waals surface area contributed by atoms with Gasteiger partial charge in [-0.1, -0.05) is 20.3 Å². The van der Waals surface area contributed by atoms with Crippen LogP contribution in [0.25, 0.3) is 0 Å². The van der Waals surface area contributed by atoms with Crippen molar-refractivity contribution in [2.45, 2.75) is 59.4 Å². The number of carbonyl (C=O) groups is 1. The van der Waals surface area contributed by atoms with Gasteiger partial charge in [0, 0.05) is 11.4 Å². The Kier molecular flexibility index (Phi) is 5.99. The maximum atomic E-state index is 12.0. The minimum absolute atomic E-state index is 0.230. The van der Waals surface area contributed by atoms with E-state index in [1.807, 2.05) is 26.2 Å². The fourth-order valence-electron chi connectivity index (χ4n) is 1.73. The molecule has 0 aliphatic heterocycles. The van der Waals surface area contributed by atoms with Gasteiger partial charge in [0.15, 0.2) is 5.13 Å². The molecule has 0 bridgehead atoms. The van der Waals surface area contributed by atoms with Crippen LogP contribution in [0.15, 0.2) is 5.38 Å². The molecule has 4 nitrogen and oxygen atoms in total. The van der Waals surface area contributed by atoms with E-state index in [0.717, 1.165) is 17.2 Å². The summed E-state index contributed by atoms with van der Waals surface area (Å²) in [4.78, 5) is 16.5. The summed E-state index contributed by atoms with van der Waals surface area (Å²) in [5, 5.41) is 6.21. The zero-order valence-electron chi connectivity index (χ0n) is 13.3. The van der Waals surface area contributed by atoms with Gasteiger partial charge in [-0.05, 0) is 33.6 Å². The molecule has 1 aromatic rings. The van der Waals surface area contributed by atoms with Gasteiger partial charge >= 0.3 is 5.97 Å². The van der Waals surface area contributed by atoms with Gasteiger partial charge in [0.05, 0.1) is 12.3 Å². The van der Waals surface area contributed by atoms with Crippen LogP contribution in [-0.4, -0.2) is 23.6 Å². The van der Waals surface area contributed by atoms with Gasteiger partial charge < -0.3 is 10.1 Å². The second-order valence-electron chi connectivity index (χ2n) is 5.70. The fraction of sp³-hybridized carbons (Fsp3) is 0.733. The Labute approximate surface area is 125 Å². The van der Waals surface area contributed by atoms with E-state index in [9.17, 15) is 4.79 Å². The minimum Gasteiger partial charge on any atom is -0.465 e. The van der Waals surface area contributed by atoms with Crippen molar-refractivity contribution in [1.82, 2.24) is 4.98 Å². The van der Waals surface area contributed by atoms with E-state index in [0.29, 0.717) is 18.6 Å². The molecule has 0 spiro atoms. The highest BCUT2D eigenvalue weighted by molar-refractivity contribution is 7.13. The number of carbonyl (C=O) groups excluding carboxylic acids is 1. The van der Waals surface area contributed by atoms with E-state index in [-0.39, 0.29) is 5.97 Å². The van der Waals surface area contributed by atoms with Crippen LogP contribution in [0.2, 0.25) is 0 Å².